The second-order valence-corrected chi connectivity index (χ2v) is 7.04. The fourth-order valence-corrected chi connectivity index (χ4v) is 3.66. The average Bonchev–Trinajstić information content (AvgIpc) is 3.28. The Morgan fingerprint density at radius 1 is 1.24 bits per heavy atom. The quantitative estimate of drug-likeness (QED) is 0.654. The lowest BCUT2D eigenvalue weighted by Gasteiger charge is -2.27. The zero-order valence-electron chi connectivity index (χ0n) is 17.1. The van der Waals surface area contributed by atoms with Crippen molar-refractivity contribution in [3.05, 3.63) is 65.1 Å². The summed E-state index contributed by atoms with van der Waals surface area (Å²) >= 11 is 0. The zero-order chi connectivity index (χ0) is 21.0. The summed E-state index contributed by atoms with van der Waals surface area (Å²) in [5.74, 6) is -0.883. The van der Waals surface area contributed by atoms with Crippen LogP contribution in [0.2, 0.25) is 0 Å². The highest BCUT2D eigenvalue weighted by molar-refractivity contribution is 6.14. The molecule has 29 heavy (non-hydrogen) atoms. The van der Waals surface area contributed by atoms with Gasteiger partial charge in [0, 0.05) is 12.7 Å². The van der Waals surface area contributed by atoms with Gasteiger partial charge in [-0.15, -0.1) is 0 Å². The van der Waals surface area contributed by atoms with Gasteiger partial charge in [-0.2, -0.15) is 0 Å². The third-order valence-corrected chi connectivity index (χ3v) is 5.25. The first-order valence-electron chi connectivity index (χ1n) is 9.96. The van der Waals surface area contributed by atoms with Crippen molar-refractivity contribution < 1.29 is 19.1 Å². The number of Topliss-reactive ketones (excluding diaryl/α,β-unsaturated/α-hetero) is 1. The number of furan rings is 1. The summed E-state index contributed by atoms with van der Waals surface area (Å²) in [6.07, 6.45) is 2.34. The van der Waals surface area contributed by atoms with Crippen LogP contribution in [0.5, 0.6) is 0 Å². The Morgan fingerprint density at radius 2 is 2.00 bits per heavy atom. The van der Waals surface area contributed by atoms with Crippen LogP contribution in [0.1, 0.15) is 48.3 Å². The molecule has 0 saturated heterocycles. The monoisotopic (exact) mass is 397 g/mol. The molecule has 3 rings (SSSR count). The summed E-state index contributed by atoms with van der Waals surface area (Å²) < 4.78 is 5.45. The number of aryl methyl sites for hydroxylation is 1. The Labute approximate surface area is 170 Å². The van der Waals surface area contributed by atoms with E-state index in [1.54, 1.807) is 43.5 Å². The number of pyridine rings is 1. The summed E-state index contributed by atoms with van der Waals surface area (Å²) in [6.45, 7) is 9.02. The largest absolute Gasteiger partial charge is 0.503 e. The van der Waals surface area contributed by atoms with E-state index in [0.29, 0.717) is 18.0 Å². The molecule has 1 atom stereocenters. The first-order chi connectivity index (χ1) is 14.0. The molecule has 7 heteroatoms. The predicted molar refractivity (Wildman–Crippen MR) is 109 cm³/mol. The van der Waals surface area contributed by atoms with Gasteiger partial charge in [0.1, 0.15) is 11.8 Å². The fourth-order valence-electron chi connectivity index (χ4n) is 3.66. The predicted octanol–water partition coefficient (Wildman–Crippen LogP) is 3.29. The van der Waals surface area contributed by atoms with Gasteiger partial charge in [-0.25, -0.2) is 0 Å². The van der Waals surface area contributed by atoms with Crippen LogP contribution in [0.4, 0.5) is 0 Å². The smallest absolute Gasteiger partial charge is 0.290 e. The molecule has 0 unspecified atom stereocenters. The van der Waals surface area contributed by atoms with E-state index in [0.717, 1.165) is 26.1 Å². The number of aliphatic hydroxyl groups excluding tert-OH is 1. The van der Waals surface area contributed by atoms with Crippen LogP contribution in [-0.4, -0.2) is 57.8 Å². The maximum Gasteiger partial charge on any atom is 0.290 e. The van der Waals surface area contributed by atoms with Crippen LogP contribution in [0.15, 0.2) is 52.3 Å². The molecule has 2 aromatic heterocycles. The van der Waals surface area contributed by atoms with E-state index >= 15 is 0 Å². The van der Waals surface area contributed by atoms with Crippen molar-refractivity contribution in [1.82, 2.24) is 14.8 Å². The highest BCUT2D eigenvalue weighted by Crippen LogP contribution is 2.38. The van der Waals surface area contributed by atoms with Crippen LogP contribution >= 0.6 is 0 Å². The average molecular weight is 397 g/mol. The molecule has 1 amide bonds. The van der Waals surface area contributed by atoms with Crippen molar-refractivity contribution in [2.75, 3.05) is 26.2 Å². The van der Waals surface area contributed by atoms with Gasteiger partial charge in [0.2, 0.25) is 5.78 Å². The molecule has 7 nitrogen and oxygen atoms in total. The van der Waals surface area contributed by atoms with Gasteiger partial charge < -0.3 is 19.3 Å². The Hall–Kier alpha value is -2.93. The minimum Gasteiger partial charge on any atom is -0.503 e. The molecule has 2 aromatic rings. The Bertz CT molecular complexity index is 900. The number of carbonyl (C=O) groups excluding carboxylic acids is 2. The maximum absolute atomic E-state index is 13.1. The van der Waals surface area contributed by atoms with Crippen LogP contribution in [0, 0.1) is 6.92 Å². The number of aliphatic hydroxyl groups is 1. The molecule has 0 aromatic carbocycles. The van der Waals surface area contributed by atoms with Crippen LogP contribution in [0.3, 0.4) is 0 Å². The number of aromatic nitrogens is 1. The van der Waals surface area contributed by atoms with Crippen molar-refractivity contribution in [3.63, 3.8) is 0 Å². The topological polar surface area (TPSA) is 86.9 Å². The van der Waals surface area contributed by atoms with Crippen LogP contribution in [-0.2, 0) is 4.79 Å². The number of rotatable bonds is 9. The van der Waals surface area contributed by atoms with Crippen molar-refractivity contribution >= 4 is 11.7 Å². The maximum atomic E-state index is 13.1. The SMILES string of the molecule is CCN(CC)CCCN1C(=O)C(O)=C(C(=O)c2ccc(C)o2)[C@@H]1c1ccccn1. The molecule has 3 heterocycles. The number of amides is 1. The Morgan fingerprint density at radius 3 is 2.59 bits per heavy atom. The Kier molecular flexibility index (Phi) is 6.49. The fraction of sp³-hybridized carbons (Fsp3) is 0.409. The summed E-state index contributed by atoms with van der Waals surface area (Å²) in [7, 11) is 0. The molecule has 154 valence electrons. The van der Waals surface area contributed by atoms with Crippen molar-refractivity contribution in [1.29, 1.82) is 0 Å². The van der Waals surface area contributed by atoms with E-state index in [1.807, 2.05) is 0 Å². The minimum atomic E-state index is -0.738. The highest BCUT2D eigenvalue weighted by Gasteiger charge is 2.44. The van der Waals surface area contributed by atoms with Gasteiger partial charge in [-0.1, -0.05) is 19.9 Å². The van der Waals surface area contributed by atoms with Gasteiger partial charge in [-0.3, -0.25) is 14.6 Å². The summed E-state index contributed by atoms with van der Waals surface area (Å²) in [5, 5.41) is 10.6. The summed E-state index contributed by atoms with van der Waals surface area (Å²) in [6, 6.07) is 7.83. The third-order valence-electron chi connectivity index (χ3n) is 5.25. The van der Waals surface area contributed by atoms with Gasteiger partial charge in [0.15, 0.2) is 11.5 Å². The highest BCUT2D eigenvalue weighted by atomic mass is 16.3. The van der Waals surface area contributed by atoms with Crippen molar-refractivity contribution in [2.24, 2.45) is 0 Å². The number of hydrogen-bond donors (Lipinski definition) is 1. The van der Waals surface area contributed by atoms with Gasteiger partial charge in [0.25, 0.3) is 5.91 Å². The molecule has 0 spiro atoms. The number of nitrogens with zero attached hydrogens (tertiary/aromatic N) is 3. The molecular weight excluding hydrogens is 370 g/mol. The van der Waals surface area contributed by atoms with Crippen molar-refractivity contribution in [3.8, 4) is 0 Å². The molecule has 0 fully saturated rings. The first-order valence-corrected chi connectivity index (χ1v) is 9.96. The number of ketones is 1. The molecule has 1 aliphatic heterocycles. The first kappa shape index (κ1) is 20.8. The second kappa shape index (κ2) is 9.05. The molecule has 0 saturated carbocycles. The van der Waals surface area contributed by atoms with Gasteiger partial charge in [0.05, 0.1) is 11.3 Å². The van der Waals surface area contributed by atoms with E-state index in [4.69, 9.17) is 4.42 Å². The van der Waals surface area contributed by atoms with E-state index in [1.165, 1.54) is 4.90 Å². The Balaban J connectivity index is 1.91. The number of carbonyl (C=O) groups is 2. The van der Waals surface area contributed by atoms with E-state index < -0.39 is 23.5 Å². The molecular formula is C22H27N3O4. The molecule has 1 N–H and O–H groups in total. The number of hydrogen-bond acceptors (Lipinski definition) is 6. The summed E-state index contributed by atoms with van der Waals surface area (Å²) in [4.78, 5) is 34.1. The van der Waals surface area contributed by atoms with Crippen molar-refractivity contribution in [2.45, 2.75) is 33.2 Å². The minimum absolute atomic E-state index is 0.0193. The molecule has 1 aliphatic rings. The molecule has 0 radical (unpaired) electrons. The lowest BCUT2D eigenvalue weighted by atomic mass is 9.98. The molecule has 0 bridgehead atoms. The lowest BCUT2D eigenvalue weighted by molar-refractivity contribution is -0.129. The zero-order valence-corrected chi connectivity index (χ0v) is 17.1. The van der Waals surface area contributed by atoms with E-state index in [-0.39, 0.29) is 11.3 Å². The molecule has 0 aliphatic carbocycles. The standard InChI is InChI=1S/C22H27N3O4/c1-4-24(5-2)13-8-14-25-19(16-9-6-7-12-23-16)18(21(27)22(25)28)20(26)17-11-10-15(3)29-17/h6-7,9-12,19,27H,4-5,8,13-14H2,1-3H3/t19-/m0/s1. The van der Waals surface area contributed by atoms with Gasteiger partial charge >= 0.3 is 0 Å². The lowest BCUT2D eigenvalue weighted by Crippen LogP contribution is -2.34. The van der Waals surface area contributed by atoms with Crippen LogP contribution in [0.25, 0.3) is 0 Å². The summed E-state index contributed by atoms with van der Waals surface area (Å²) in [5.41, 5.74) is 0.560. The van der Waals surface area contributed by atoms with Crippen LogP contribution < -0.4 is 0 Å². The van der Waals surface area contributed by atoms with Gasteiger partial charge in [-0.05, 0) is 57.2 Å². The van der Waals surface area contributed by atoms with E-state index in [2.05, 4.69) is 23.7 Å². The third kappa shape index (κ3) is 4.24. The normalized spacial score (nSPS) is 16.9. The second-order valence-electron chi connectivity index (χ2n) is 7.04. The van der Waals surface area contributed by atoms with E-state index in [9.17, 15) is 14.7 Å².